The number of fused-ring (bicyclic) bond motifs is 1. The zero-order chi connectivity index (χ0) is 16.5. The number of nitrogens with zero attached hydrogens (tertiary/aromatic N) is 2. The molecule has 0 spiro atoms. The van der Waals surface area contributed by atoms with Crippen LogP contribution in [0.5, 0.6) is 0 Å². The number of rotatable bonds is 4. The van der Waals surface area contributed by atoms with E-state index in [1.165, 1.54) is 15.6 Å². The zero-order valence-corrected chi connectivity index (χ0v) is 14.3. The van der Waals surface area contributed by atoms with Gasteiger partial charge in [0.2, 0.25) is 5.91 Å². The molecular formula is C18H21N3O2S. The summed E-state index contributed by atoms with van der Waals surface area (Å²) in [4.78, 5) is 27.9. The van der Waals surface area contributed by atoms with Gasteiger partial charge in [0.05, 0.1) is 0 Å². The molecule has 1 saturated carbocycles. The number of benzene rings is 1. The van der Waals surface area contributed by atoms with Crippen LogP contribution in [0.1, 0.15) is 18.4 Å². The third kappa shape index (κ3) is 3.11. The van der Waals surface area contributed by atoms with Gasteiger partial charge in [-0.3, -0.25) is 4.79 Å². The van der Waals surface area contributed by atoms with Crippen LogP contribution in [0.25, 0.3) is 10.1 Å². The van der Waals surface area contributed by atoms with Gasteiger partial charge in [0.25, 0.3) is 0 Å². The second kappa shape index (κ2) is 6.43. The SMILES string of the molecule is O=C(NCCc1csc2ccccc12)N1CCN(C2CC2)C(=O)C1. The molecule has 3 amide bonds. The first kappa shape index (κ1) is 15.4. The zero-order valence-electron chi connectivity index (χ0n) is 13.5. The van der Waals surface area contributed by atoms with Crippen LogP contribution in [-0.2, 0) is 11.2 Å². The Morgan fingerprint density at radius 1 is 1.25 bits per heavy atom. The molecular weight excluding hydrogens is 322 g/mol. The van der Waals surface area contributed by atoms with E-state index in [1.54, 1.807) is 16.2 Å². The van der Waals surface area contributed by atoms with Crippen LogP contribution in [0.15, 0.2) is 29.6 Å². The smallest absolute Gasteiger partial charge is 0.317 e. The van der Waals surface area contributed by atoms with Crippen molar-refractivity contribution in [2.45, 2.75) is 25.3 Å². The van der Waals surface area contributed by atoms with E-state index in [-0.39, 0.29) is 18.5 Å². The van der Waals surface area contributed by atoms with Crippen molar-refractivity contribution in [3.05, 3.63) is 35.2 Å². The van der Waals surface area contributed by atoms with E-state index in [0.29, 0.717) is 25.7 Å². The molecule has 2 aromatic rings. The van der Waals surface area contributed by atoms with Crippen molar-refractivity contribution in [1.82, 2.24) is 15.1 Å². The third-order valence-corrected chi connectivity index (χ3v) is 5.78. The number of nitrogens with one attached hydrogen (secondary N) is 1. The Balaban J connectivity index is 1.28. The van der Waals surface area contributed by atoms with Crippen LogP contribution in [0.3, 0.4) is 0 Å². The predicted octanol–water partition coefficient (Wildman–Crippen LogP) is 2.46. The topological polar surface area (TPSA) is 52.7 Å². The van der Waals surface area contributed by atoms with Gasteiger partial charge >= 0.3 is 6.03 Å². The van der Waals surface area contributed by atoms with Crippen LogP contribution in [0.2, 0.25) is 0 Å². The molecule has 1 aromatic heterocycles. The van der Waals surface area contributed by atoms with Crippen LogP contribution >= 0.6 is 11.3 Å². The standard InChI is InChI=1S/C18H21N3O2S/c22-17-11-20(9-10-21(17)14-5-6-14)18(23)19-8-7-13-12-24-16-4-2-1-3-15(13)16/h1-4,12,14H,5-11H2,(H,19,23). The lowest BCUT2D eigenvalue weighted by Gasteiger charge is -2.34. The number of hydrogen-bond acceptors (Lipinski definition) is 3. The molecule has 1 aliphatic carbocycles. The van der Waals surface area contributed by atoms with Gasteiger partial charge in [-0.25, -0.2) is 4.79 Å². The number of hydrogen-bond donors (Lipinski definition) is 1. The second-order valence-electron chi connectivity index (χ2n) is 6.48. The van der Waals surface area contributed by atoms with E-state index in [9.17, 15) is 9.59 Å². The van der Waals surface area contributed by atoms with Crippen molar-refractivity contribution in [2.75, 3.05) is 26.2 Å². The fourth-order valence-electron chi connectivity index (χ4n) is 3.27. The number of piperazine rings is 1. The van der Waals surface area contributed by atoms with E-state index in [4.69, 9.17) is 0 Å². The summed E-state index contributed by atoms with van der Waals surface area (Å²) in [5.74, 6) is 0.0859. The highest BCUT2D eigenvalue weighted by Crippen LogP contribution is 2.28. The average Bonchev–Trinajstić information content (AvgIpc) is 3.36. The molecule has 1 aromatic carbocycles. The van der Waals surface area contributed by atoms with Crippen LogP contribution < -0.4 is 5.32 Å². The minimum atomic E-state index is -0.127. The molecule has 1 N–H and O–H groups in total. The predicted molar refractivity (Wildman–Crippen MR) is 95.2 cm³/mol. The minimum Gasteiger partial charge on any atom is -0.338 e. The summed E-state index contributed by atoms with van der Waals surface area (Å²) in [7, 11) is 0. The molecule has 5 nitrogen and oxygen atoms in total. The maximum Gasteiger partial charge on any atom is 0.317 e. The molecule has 1 saturated heterocycles. The van der Waals surface area contributed by atoms with Crippen LogP contribution in [-0.4, -0.2) is 54.0 Å². The Morgan fingerprint density at radius 3 is 2.88 bits per heavy atom. The lowest BCUT2D eigenvalue weighted by Crippen LogP contribution is -2.55. The summed E-state index contributed by atoms with van der Waals surface area (Å²) >= 11 is 1.74. The second-order valence-corrected chi connectivity index (χ2v) is 7.39. The van der Waals surface area contributed by atoms with E-state index in [1.807, 2.05) is 17.0 Å². The number of carbonyl (C=O) groups excluding carboxylic acids is 2. The highest BCUT2D eigenvalue weighted by molar-refractivity contribution is 7.17. The fourth-order valence-corrected chi connectivity index (χ4v) is 4.27. The molecule has 126 valence electrons. The van der Waals surface area contributed by atoms with Crippen LogP contribution in [0.4, 0.5) is 4.79 Å². The first-order valence-corrected chi connectivity index (χ1v) is 9.38. The molecule has 2 aliphatic rings. The van der Waals surface area contributed by atoms with E-state index >= 15 is 0 Å². The Kier molecular flexibility index (Phi) is 4.14. The van der Waals surface area contributed by atoms with Gasteiger partial charge < -0.3 is 15.1 Å². The number of carbonyl (C=O) groups is 2. The normalized spacial score (nSPS) is 18.2. The number of urea groups is 1. The van der Waals surface area contributed by atoms with Crippen LogP contribution in [0, 0.1) is 0 Å². The molecule has 24 heavy (non-hydrogen) atoms. The quantitative estimate of drug-likeness (QED) is 0.927. The van der Waals surface area contributed by atoms with Crippen molar-refractivity contribution in [3.63, 3.8) is 0 Å². The van der Waals surface area contributed by atoms with Gasteiger partial charge in [-0.1, -0.05) is 18.2 Å². The summed E-state index contributed by atoms with van der Waals surface area (Å²) in [6.07, 6.45) is 3.05. The Morgan fingerprint density at radius 2 is 2.08 bits per heavy atom. The molecule has 4 rings (SSSR count). The summed E-state index contributed by atoms with van der Waals surface area (Å²) < 4.78 is 1.28. The summed E-state index contributed by atoms with van der Waals surface area (Å²) in [5.41, 5.74) is 1.27. The van der Waals surface area contributed by atoms with Crippen molar-refractivity contribution in [3.8, 4) is 0 Å². The molecule has 1 aliphatic heterocycles. The highest BCUT2D eigenvalue weighted by Gasteiger charge is 2.36. The minimum absolute atomic E-state index is 0.0859. The van der Waals surface area contributed by atoms with Gasteiger partial charge in [0.15, 0.2) is 0 Å². The lowest BCUT2D eigenvalue weighted by atomic mass is 10.1. The molecule has 6 heteroatoms. The van der Waals surface area contributed by atoms with E-state index < -0.39 is 0 Å². The van der Waals surface area contributed by atoms with Crippen molar-refractivity contribution >= 4 is 33.4 Å². The molecule has 0 unspecified atom stereocenters. The maximum absolute atomic E-state index is 12.3. The van der Waals surface area contributed by atoms with Crippen molar-refractivity contribution < 1.29 is 9.59 Å². The van der Waals surface area contributed by atoms with Gasteiger partial charge in [0.1, 0.15) is 6.54 Å². The van der Waals surface area contributed by atoms with Gasteiger partial charge in [-0.15, -0.1) is 11.3 Å². The fraction of sp³-hybridized carbons (Fsp3) is 0.444. The first-order valence-electron chi connectivity index (χ1n) is 8.50. The Hall–Kier alpha value is -2.08. The molecule has 0 radical (unpaired) electrons. The Labute approximate surface area is 145 Å². The first-order chi connectivity index (χ1) is 11.7. The largest absolute Gasteiger partial charge is 0.338 e. The number of thiophene rings is 1. The lowest BCUT2D eigenvalue weighted by molar-refractivity contribution is -0.135. The van der Waals surface area contributed by atoms with Gasteiger partial charge in [-0.05, 0) is 41.7 Å². The highest BCUT2D eigenvalue weighted by atomic mass is 32.1. The summed E-state index contributed by atoms with van der Waals surface area (Å²) in [6, 6.07) is 8.64. The van der Waals surface area contributed by atoms with E-state index in [0.717, 1.165) is 19.3 Å². The van der Waals surface area contributed by atoms with Crippen molar-refractivity contribution in [2.24, 2.45) is 0 Å². The van der Waals surface area contributed by atoms with Crippen molar-refractivity contribution in [1.29, 1.82) is 0 Å². The van der Waals surface area contributed by atoms with Gasteiger partial charge in [-0.2, -0.15) is 0 Å². The average molecular weight is 343 g/mol. The monoisotopic (exact) mass is 343 g/mol. The molecule has 2 fully saturated rings. The summed E-state index contributed by atoms with van der Waals surface area (Å²) in [5, 5.41) is 6.39. The van der Waals surface area contributed by atoms with E-state index in [2.05, 4.69) is 22.8 Å². The maximum atomic E-state index is 12.3. The number of amides is 3. The summed E-state index contributed by atoms with van der Waals surface area (Å²) in [6.45, 7) is 2.11. The Bertz CT molecular complexity index is 768. The van der Waals surface area contributed by atoms with Gasteiger partial charge in [0, 0.05) is 30.4 Å². The molecule has 2 heterocycles. The molecule has 0 bridgehead atoms. The third-order valence-electron chi connectivity index (χ3n) is 4.76. The molecule has 0 atom stereocenters.